The van der Waals surface area contributed by atoms with Gasteiger partial charge < -0.3 is 14.3 Å². The van der Waals surface area contributed by atoms with Crippen molar-refractivity contribution in [1.29, 1.82) is 0 Å². The zero-order valence-corrected chi connectivity index (χ0v) is 11.8. The Labute approximate surface area is 130 Å². The second-order valence-corrected chi connectivity index (χ2v) is 4.86. The smallest absolute Gasteiger partial charge is 0.227 e. The maximum absolute atomic E-state index is 13.4. The molecule has 1 aromatic heterocycles. The van der Waals surface area contributed by atoms with Crippen LogP contribution in [0.15, 0.2) is 52.9 Å². The maximum atomic E-state index is 13.4. The minimum Gasteiger partial charge on any atom is -0.550 e. The first-order chi connectivity index (χ1) is 11.0. The van der Waals surface area contributed by atoms with Crippen LogP contribution in [-0.4, -0.2) is 11.0 Å². The van der Waals surface area contributed by atoms with Crippen LogP contribution >= 0.6 is 0 Å². The predicted molar refractivity (Wildman–Crippen MR) is 76.0 cm³/mol. The van der Waals surface area contributed by atoms with Crippen LogP contribution in [0.5, 0.6) is 0 Å². The highest BCUT2D eigenvalue weighted by atomic mass is 19.1. The number of carboxylic acid groups (broad SMARTS) is 1. The predicted octanol–water partition coefficient (Wildman–Crippen LogP) is 2.58. The molecule has 4 nitrogen and oxygen atoms in total. The van der Waals surface area contributed by atoms with E-state index in [9.17, 15) is 18.7 Å². The summed E-state index contributed by atoms with van der Waals surface area (Å²) in [6.07, 6.45) is -0.476. The highest BCUT2D eigenvalue weighted by molar-refractivity contribution is 5.73. The molecule has 0 fully saturated rings. The topological polar surface area (TPSA) is 66.2 Å². The Morgan fingerprint density at radius 3 is 2.43 bits per heavy atom. The Morgan fingerprint density at radius 1 is 1.04 bits per heavy atom. The molecule has 1 heterocycles. The van der Waals surface area contributed by atoms with E-state index in [4.69, 9.17) is 4.42 Å². The van der Waals surface area contributed by atoms with Crippen molar-refractivity contribution in [3.63, 3.8) is 0 Å². The molecule has 0 aliphatic carbocycles. The van der Waals surface area contributed by atoms with Gasteiger partial charge in [0.2, 0.25) is 5.89 Å². The molecule has 23 heavy (non-hydrogen) atoms. The Morgan fingerprint density at radius 2 is 1.78 bits per heavy atom. The van der Waals surface area contributed by atoms with E-state index in [1.165, 1.54) is 42.5 Å². The van der Waals surface area contributed by atoms with Crippen molar-refractivity contribution < 1.29 is 23.1 Å². The number of benzene rings is 2. The van der Waals surface area contributed by atoms with E-state index >= 15 is 0 Å². The van der Waals surface area contributed by atoms with E-state index in [0.29, 0.717) is 11.1 Å². The Bertz CT molecular complexity index is 857. The van der Waals surface area contributed by atoms with E-state index < -0.39 is 24.0 Å². The fraction of sp³-hybridized carbons (Fsp3) is 0.0588. The second kappa shape index (κ2) is 6.00. The molecule has 0 radical (unpaired) electrons. The molecule has 6 heteroatoms. The number of carbonyl (C=O) groups excluding carboxylic acids is 1. The van der Waals surface area contributed by atoms with Gasteiger partial charge in [-0.25, -0.2) is 13.8 Å². The second-order valence-electron chi connectivity index (χ2n) is 4.86. The van der Waals surface area contributed by atoms with Gasteiger partial charge in [0, 0.05) is 23.5 Å². The fourth-order valence-corrected chi connectivity index (χ4v) is 2.18. The van der Waals surface area contributed by atoms with Gasteiger partial charge >= 0.3 is 0 Å². The summed E-state index contributed by atoms with van der Waals surface area (Å²) in [6, 6.07) is 10.9. The maximum Gasteiger partial charge on any atom is 0.227 e. The van der Waals surface area contributed by atoms with Gasteiger partial charge in [0.25, 0.3) is 0 Å². The first-order valence-electron chi connectivity index (χ1n) is 6.74. The molecule has 0 saturated heterocycles. The van der Waals surface area contributed by atoms with Crippen LogP contribution in [0.2, 0.25) is 0 Å². The van der Waals surface area contributed by atoms with Crippen molar-refractivity contribution >= 4 is 5.97 Å². The molecular formula is C17H10F2NO3-. The number of aromatic nitrogens is 1. The summed E-state index contributed by atoms with van der Waals surface area (Å²) in [5, 5.41) is 10.9. The molecule has 0 spiro atoms. The zero-order chi connectivity index (χ0) is 16.4. The van der Waals surface area contributed by atoms with E-state index in [0.717, 1.165) is 0 Å². The van der Waals surface area contributed by atoms with Gasteiger partial charge in [-0.3, -0.25) is 0 Å². The van der Waals surface area contributed by atoms with E-state index in [-0.39, 0.29) is 17.3 Å². The number of nitrogens with zero attached hydrogens (tertiary/aromatic N) is 1. The SMILES string of the molecule is O=C([O-])Cc1nc(-c2ccc(F)cc2)oc1-c1cccc(F)c1. The summed E-state index contributed by atoms with van der Waals surface area (Å²) in [7, 11) is 0. The number of oxazole rings is 1. The lowest BCUT2D eigenvalue weighted by Crippen LogP contribution is -2.24. The third-order valence-corrected chi connectivity index (χ3v) is 3.19. The average molecular weight is 314 g/mol. The van der Waals surface area contributed by atoms with Crippen LogP contribution in [0, 0.1) is 11.6 Å². The molecule has 0 atom stereocenters. The molecule has 0 aliphatic heterocycles. The van der Waals surface area contributed by atoms with Crippen LogP contribution in [-0.2, 0) is 11.2 Å². The van der Waals surface area contributed by atoms with Gasteiger partial charge in [-0.05, 0) is 36.4 Å². The Kier molecular flexibility index (Phi) is 3.89. The summed E-state index contributed by atoms with van der Waals surface area (Å²) < 4.78 is 32.0. The summed E-state index contributed by atoms with van der Waals surface area (Å²) in [5.41, 5.74) is 0.964. The number of hydrogen-bond acceptors (Lipinski definition) is 4. The number of carbonyl (C=O) groups is 1. The molecule has 116 valence electrons. The highest BCUT2D eigenvalue weighted by Crippen LogP contribution is 2.30. The Balaban J connectivity index is 2.10. The normalized spacial score (nSPS) is 10.7. The lowest BCUT2D eigenvalue weighted by atomic mass is 10.1. The average Bonchev–Trinajstić information content (AvgIpc) is 2.91. The molecule has 0 N–H and O–H groups in total. The molecule has 2 aromatic carbocycles. The molecule has 3 aromatic rings. The lowest BCUT2D eigenvalue weighted by Gasteiger charge is -2.02. The Hall–Kier alpha value is -3.02. The molecule has 0 unspecified atom stereocenters. The molecule has 0 amide bonds. The summed E-state index contributed by atoms with van der Waals surface area (Å²) in [6.45, 7) is 0. The monoisotopic (exact) mass is 314 g/mol. The highest BCUT2D eigenvalue weighted by Gasteiger charge is 2.17. The largest absolute Gasteiger partial charge is 0.550 e. The van der Waals surface area contributed by atoms with Crippen LogP contribution < -0.4 is 5.11 Å². The number of rotatable bonds is 4. The lowest BCUT2D eigenvalue weighted by molar-refractivity contribution is -0.304. The third kappa shape index (κ3) is 3.26. The summed E-state index contributed by atoms with van der Waals surface area (Å²) in [5.74, 6) is -1.96. The minimum atomic E-state index is -1.33. The van der Waals surface area contributed by atoms with Crippen LogP contribution in [0.25, 0.3) is 22.8 Å². The quantitative estimate of drug-likeness (QED) is 0.742. The van der Waals surface area contributed by atoms with Crippen LogP contribution in [0.3, 0.4) is 0 Å². The number of carboxylic acids is 1. The first-order valence-corrected chi connectivity index (χ1v) is 6.74. The van der Waals surface area contributed by atoms with Gasteiger partial charge in [0.15, 0.2) is 5.76 Å². The molecule has 0 bridgehead atoms. The van der Waals surface area contributed by atoms with Gasteiger partial charge in [-0.1, -0.05) is 12.1 Å². The fourth-order valence-electron chi connectivity index (χ4n) is 2.18. The number of aliphatic carboxylic acids is 1. The number of hydrogen-bond donors (Lipinski definition) is 0. The van der Waals surface area contributed by atoms with E-state index in [2.05, 4.69) is 4.98 Å². The van der Waals surface area contributed by atoms with Crippen LogP contribution in [0.1, 0.15) is 5.69 Å². The zero-order valence-electron chi connectivity index (χ0n) is 11.8. The molecule has 0 saturated carbocycles. The molecular weight excluding hydrogens is 304 g/mol. The van der Waals surface area contributed by atoms with Gasteiger partial charge in [-0.2, -0.15) is 0 Å². The van der Waals surface area contributed by atoms with Gasteiger partial charge in [0.1, 0.15) is 11.6 Å². The van der Waals surface area contributed by atoms with Crippen molar-refractivity contribution in [1.82, 2.24) is 4.98 Å². The van der Waals surface area contributed by atoms with Gasteiger partial charge in [0.05, 0.1) is 5.69 Å². The molecule has 0 aliphatic rings. The van der Waals surface area contributed by atoms with Crippen molar-refractivity contribution in [2.75, 3.05) is 0 Å². The third-order valence-electron chi connectivity index (χ3n) is 3.19. The van der Waals surface area contributed by atoms with E-state index in [1.807, 2.05) is 0 Å². The van der Waals surface area contributed by atoms with E-state index in [1.54, 1.807) is 6.07 Å². The molecule has 3 rings (SSSR count). The minimum absolute atomic E-state index is 0.120. The summed E-state index contributed by atoms with van der Waals surface area (Å²) in [4.78, 5) is 15.0. The standard InChI is InChI=1S/C17H11F2NO3/c18-12-6-4-10(5-7-12)17-20-14(9-15(21)22)16(23-17)11-2-1-3-13(19)8-11/h1-8H,9H2,(H,21,22)/p-1. The number of halogens is 2. The van der Waals surface area contributed by atoms with Crippen molar-refractivity contribution in [2.24, 2.45) is 0 Å². The van der Waals surface area contributed by atoms with Crippen LogP contribution in [0.4, 0.5) is 8.78 Å². The first kappa shape index (κ1) is 14.9. The summed E-state index contributed by atoms with van der Waals surface area (Å²) >= 11 is 0. The van der Waals surface area contributed by atoms with Gasteiger partial charge in [-0.15, -0.1) is 0 Å². The van der Waals surface area contributed by atoms with Crippen molar-refractivity contribution in [3.8, 4) is 22.8 Å². The van der Waals surface area contributed by atoms with Crippen molar-refractivity contribution in [3.05, 3.63) is 65.9 Å². The van der Waals surface area contributed by atoms with Crippen molar-refractivity contribution in [2.45, 2.75) is 6.42 Å².